The van der Waals surface area contributed by atoms with Crippen molar-refractivity contribution in [3.05, 3.63) is 95.6 Å². The molecule has 0 aliphatic heterocycles. The minimum atomic E-state index is -1.21. The first-order chi connectivity index (χ1) is 17.8. The third-order valence-electron chi connectivity index (χ3n) is 5.79. The number of nitrogens with one attached hydrogen (secondary N) is 1. The Hall–Kier alpha value is -1.62. The van der Waals surface area contributed by atoms with Gasteiger partial charge >= 0.3 is 71.1 Å². The zero-order chi connectivity index (χ0) is 26.6. The maximum absolute atomic E-state index is 11.8. The van der Waals surface area contributed by atoms with Gasteiger partial charge in [0.15, 0.2) is 0 Å². The standard InChI is InChI=1S/C29H31NO6S.2Na.2H/c31-25(10-5-11-27(33)34)29(37-24-9-4-8-23(18-24)30-26(32)19-28(35)36)22-16-14-21(15-17-22)13-12-20-6-2-1-3-7-20;;;;/h1-4,6-9,14-18,25,29,31H,5,10-13,19H2,(H,30,32)(H,33,34)(H,35,36);;;;/q;2*+1;2*-1. The molecule has 3 rings (SSSR count). The van der Waals surface area contributed by atoms with E-state index in [9.17, 15) is 19.5 Å². The Balaban J connectivity index is 0. The monoisotopic (exact) mass is 569 g/mol. The van der Waals surface area contributed by atoms with Crippen molar-refractivity contribution in [2.75, 3.05) is 5.32 Å². The Morgan fingerprint density at radius 2 is 1.46 bits per heavy atom. The Morgan fingerprint density at radius 3 is 2.08 bits per heavy atom. The van der Waals surface area contributed by atoms with Gasteiger partial charge in [-0.1, -0.05) is 60.7 Å². The van der Waals surface area contributed by atoms with E-state index in [1.165, 1.54) is 22.9 Å². The van der Waals surface area contributed by atoms with E-state index in [0.717, 1.165) is 23.3 Å². The Kier molecular flexibility index (Phi) is 17.0. The molecule has 10 heteroatoms. The van der Waals surface area contributed by atoms with Crippen molar-refractivity contribution < 1.29 is 91.7 Å². The van der Waals surface area contributed by atoms with Gasteiger partial charge in [-0.15, -0.1) is 11.8 Å². The van der Waals surface area contributed by atoms with Crippen molar-refractivity contribution in [2.24, 2.45) is 0 Å². The molecule has 39 heavy (non-hydrogen) atoms. The maximum atomic E-state index is 11.8. The van der Waals surface area contributed by atoms with Crippen molar-refractivity contribution >= 4 is 35.3 Å². The molecule has 0 saturated carbocycles. The van der Waals surface area contributed by atoms with Gasteiger partial charge in [0, 0.05) is 17.0 Å². The first-order valence-electron chi connectivity index (χ1n) is 12.1. The molecule has 2 unspecified atom stereocenters. The zero-order valence-electron chi connectivity index (χ0n) is 24.4. The van der Waals surface area contributed by atoms with Crippen molar-refractivity contribution in [1.29, 1.82) is 0 Å². The largest absolute Gasteiger partial charge is 1.00 e. The number of aliphatic hydroxyl groups is 1. The molecule has 0 heterocycles. The summed E-state index contributed by atoms with van der Waals surface area (Å²) in [5.41, 5.74) is 3.83. The molecule has 4 N–H and O–H groups in total. The van der Waals surface area contributed by atoms with E-state index in [-0.39, 0.29) is 73.6 Å². The van der Waals surface area contributed by atoms with E-state index in [1.54, 1.807) is 18.2 Å². The molecule has 0 aliphatic carbocycles. The second-order valence-corrected chi connectivity index (χ2v) is 9.98. The van der Waals surface area contributed by atoms with Crippen LogP contribution in [0.3, 0.4) is 0 Å². The maximum Gasteiger partial charge on any atom is 1.00 e. The minimum Gasteiger partial charge on any atom is -1.00 e. The molecule has 3 aromatic rings. The van der Waals surface area contributed by atoms with Crippen LogP contribution in [0.5, 0.6) is 0 Å². The molecule has 0 fully saturated rings. The average Bonchev–Trinajstić information content (AvgIpc) is 2.86. The van der Waals surface area contributed by atoms with Crippen molar-refractivity contribution in [1.82, 2.24) is 0 Å². The number of rotatable bonds is 14. The second-order valence-electron chi connectivity index (χ2n) is 8.77. The summed E-state index contributed by atoms with van der Waals surface area (Å²) in [7, 11) is 0. The number of hydrogen-bond acceptors (Lipinski definition) is 5. The van der Waals surface area contributed by atoms with Gasteiger partial charge in [-0.05, 0) is 60.6 Å². The predicted molar refractivity (Wildman–Crippen MR) is 146 cm³/mol. The zero-order valence-corrected chi connectivity index (χ0v) is 27.2. The summed E-state index contributed by atoms with van der Waals surface area (Å²) in [4.78, 5) is 34.4. The average molecular weight is 570 g/mol. The molecule has 2 atom stereocenters. The molecule has 0 aromatic heterocycles. The number of carboxylic acids is 2. The number of thioether (sulfide) groups is 1. The quantitative estimate of drug-likeness (QED) is 0.118. The third-order valence-corrected chi connectivity index (χ3v) is 7.15. The Morgan fingerprint density at radius 1 is 0.821 bits per heavy atom. The molecule has 198 valence electrons. The number of hydrogen-bond donors (Lipinski definition) is 4. The summed E-state index contributed by atoms with van der Waals surface area (Å²) in [6.07, 6.45) is 1.07. The van der Waals surface area contributed by atoms with Gasteiger partial charge in [0.1, 0.15) is 6.42 Å². The number of amides is 1. The topological polar surface area (TPSA) is 124 Å². The van der Waals surface area contributed by atoms with E-state index in [2.05, 4.69) is 29.6 Å². The van der Waals surface area contributed by atoms with Crippen LogP contribution in [0, 0.1) is 0 Å². The molecule has 1 amide bonds. The van der Waals surface area contributed by atoms with Gasteiger partial charge in [0.25, 0.3) is 0 Å². The molecule has 0 bridgehead atoms. The van der Waals surface area contributed by atoms with Crippen LogP contribution < -0.4 is 64.4 Å². The Labute approximate surface area is 280 Å². The normalized spacial score (nSPS) is 11.8. The number of carbonyl (C=O) groups is 3. The summed E-state index contributed by atoms with van der Waals surface area (Å²) < 4.78 is 0. The van der Waals surface area contributed by atoms with Crippen molar-refractivity contribution in [2.45, 2.75) is 54.8 Å². The van der Waals surface area contributed by atoms with E-state index >= 15 is 0 Å². The third kappa shape index (κ3) is 13.1. The molecular formula is C29H33NNa2O6S. The fourth-order valence-corrected chi connectivity index (χ4v) is 5.16. The Bertz CT molecular complexity index is 1210. The van der Waals surface area contributed by atoms with E-state index < -0.39 is 30.4 Å². The van der Waals surface area contributed by atoms with E-state index in [4.69, 9.17) is 10.2 Å². The number of carboxylic acid groups (broad SMARTS) is 2. The molecule has 0 radical (unpaired) electrons. The summed E-state index contributed by atoms with van der Waals surface area (Å²) >= 11 is 1.41. The predicted octanol–water partition coefficient (Wildman–Crippen LogP) is -0.433. The van der Waals surface area contributed by atoms with E-state index in [0.29, 0.717) is 18.5 Å². The number of benzene rings is 3. The van der Waals surface area contributed by atoms with Crippen LogP contribution in [0.4, 0.5) is 5.69 Å². The summed E-state index contributed by atoms with van der Waals surface area (Å²) in [5.74, 6) is -2.73. The molecule has 0 saturated heterocycles. The molecule has 3 aromatic carbocycles. The second kappa shape index (κ2) is 18.7. The number of aliphatic hydroxyl groups excluding tert-OH is 1. The molecule has 0 spiro atoms. The summed E-state index contributed by atoms with van der Waals surface area (Å²) in [6, 6.07) is 25.4. The van der Waals surface area contributed by atoms with Crippen LogP contribution in [0.2, 0.25) is 0 Å². The number of carbonyl (C=O) groups excluding carboxylic acids is 1. The van der Waals surface area contributed by atoms with Gasteiger partial charge in [-0.2, -0.15) is 0 Å². The van der Waals surface area contributed by atoms with E-state index in [1.807, 2.05) is 36.4 Å². The van der Waals surface area contributed by atoms with Crippen LogP contribution in [0.1, 0.15) is 50.5 Å². The van der Waals surface area contributed by atoms with Gasteiger partial charge < -0.3 is 23.5 Å². The van der Waals surface area contributed by atoms with Gasteiger partial charge in [0.2, 0.25) is 5.91 Å². The van der Waals surface area contributed by atoms with Crippen LogP contribution in [-0.4, -0.2) is 39.3 Å². The summed E-state index contributed by atoms with van der Waals surface area (Å²) in [6.45, 7) is 0. The van der Waals surface area contributed by atoms with Crippen LogP contribution in [0.25, 0.3) is 0 Å². The number of aryl methyl sites for hydroxylation is 2. The fraction of sp³-hybridized carbons (Fsp3) is 0.276. The van der Waals surface area contributed by atoms with Crippen molar-refractivity contribution in [3.63, 3.8) is 0 Å². The molecular weight excluding hydrogens is 536 g/mol. The van der Waals surface area contributed by atoms with Crippen LogP contribution in [0.15, 0.2) is 83.8 Å². The number of anilines is 1. The molecule has 0 aliphatic rings. The SMILES string of the molecule is O=C(O)CCCC(O)C(Sc1cccc(NC(=O)CC(=O)O)c1)c1ccc(CCc2ccccc2)cc1.[H-].[H-].[Na+].[Na+]. The van der Waals surface area contributed by atoms with Gasteiger partial charge in [0.05, 0.1) is 11.4 Å². The van der Waals surface area contributed by atoms with Crippen LogP contribution >= 0.6 is 11.8 Å². The number of aliphatic carboxylic acids is 2. The van der Waals surface area contributed by atoms with Gasteiger partial charge in [-0.25, -0.2) is 0 Å². The van der Waals surface area contributed by atoms with Gasteiger partial charge in [-0.3, -0.25) is 14.4 Å². The van der Waals surface area contributed by atoms with Crippen molar-refractivity contribution in [3.8, 4) is 0 Å². The van der Waals surface area contributed by atoms with Crippen LogP contribution in [-0.2, 0) is 27.2 Å². The fourth-order valence-electron chi connectivity index (χ4n) is 3.93. The minimum absolute atomic E-state index is 0. The smallest absolute Gasteiger partial charge is 1.00 e. The first kappa shape index (κ1) is 35.4. The molecule has 7 nitrogen and oxygen atoms in total. The first-order valence-corrected chi connectivity index (χ1v) is 13.0. The summed E-state index contributed by atoms with van der Waals surface area (Å²) in [5, 5.41) is 31.0.